The predicted octanol–water partition coefficient (Wildman–Crippen LogP) is 2.63. The summed E-state index contributed by atoms with van der Waals surface area (Å²) in [6.45, 7) is 2.86. The molecule has 1 fully saturated rings. The van der Waals surface area contributed by atoms with E-state index >= 15 is 0 Å². The Morgan fingerprint density at radius 1 is 1.32 bits per heavy atom. The van der Waals surface area contributed by atoms with Crippen molar-refractivity contribution in [1.82, 2.24) is 14.9 Å². The normalized spacial score (nSPS) is 15.0. The fourth-order valence-electron chi connectivity index (χ4n) is 2.62. The van der Waals surface area contributed by atoms with Gasteiger partial charge >= 0.3 is 6.09 Å². The Kier molecular flexibility index (Phi) is 4.87. The highest BCUT2D eigenvalue weighted by Crippen LogP contribution is 2.22. The lowest BCUT2D eigenvalue weighted by molar-refractivity contribution is 0.0895. The predicted molar refractivity (Wildman–Crippen MR) is 94.2 cm³/mol. The van der Waals surface area contributed by atoms with E-state index in [1.54, 1.807) is 6.20 Å². The van der Waals surface area contributed by atoms with Crippen LogP contribution in [0.15, 0.2) is 30.5 Å². The molecule has 1 aromatic carbocycles. The summed E-state index contributed by atoms with van der Waals surface area (Å²) in [6.07, 6.45) is 2.24. The fraction of sp³-hybridized carbons (Fsp3) is 0.353. The summed E-state index contributed by atoms with van der Waals surface area (Å²) in [6, 6.07) is 7.48. The van der Waals surface area contributed by atoms with Gasteiger partial charge in [0.1, 0.15) is 17.7 Å². The van der Waals surface area contributed by atoms with Crippen molar-refractivity contribution in [2.24, 2.45) is 0 Å². The van der Waals surface area contributed by atoms with Crippen LogP contribution in [0.1, 0.15) is 18.4 Å². The maximum atomic E-state index is 10.9. The van der Waals surface area contributed by atoms with Crippen LogP contribution in [0.2, 0.25) is 0 Å². The maximum Gasteiger partial charge on any atom is 0.407 e. The van der Waals surface area contributed by atoms with Gasteiger partial charge in [-0.2, -0.15) is 4.98 Å². The van der Waals surface area contributed by atoms with Crippen molar-refractivity contribution in [3.63, 3.8) is 0 Å². The lowest BCUT2D eigenvalue weighted by atomic mass is 10.1. The number of carbonyl (C=O) groups is 1. The molecular formula is C17H21N5O3. The number of hydrogen-bond acceptors (Lipinski definition) is 6. The van der Waals surface area contributed by atoms with E-state index in [0.29, 0.717) is 37.7 Å². The molecule has 1 amide bonds. The SMILES string of the molecule is Cc1cnc(Nc2ccc(OC3CCN(C(=O)O)CC3)cc2)nc1N. The van der Waals surface area contributed by atoms with Crippen molar-refractivity contribution < 1.29 is 14.6 Å². The molecule has 0 atom stereocenters. The lowest BCUT2D eigenvalue weighted by Crippen LogP contribution is -2.41. The van der Waals surface area contributed by atoms with Crippen LogP contribution in [0.25, 0.3) is 0 Å². The first kappa shape index (κ1) is 16.8. The van der Waals surface area contributed by atoms with Crippen molar-refractivity contribution in [1.29, 1.82) is 0 Å². The molecule has 0 radical (unpaired) electrons. The Balaban J connectivity index is 1.55. The third kappa shape index (κ3) is 4.28. The van der Waals surface area contributed by atoms with Crippen molar-refractivity contribution >= 4 is 23.5 Å². The van der Waals surface area contributed by atoms with Crippen LogP contribution in [-0.2, 0) is 0 Å². The number of carboxylic acid groups (broad SMARTS) is 1. The quantitative estimate of drug-likeness (QED) is 0.782. The molecule has 2 aromatic rings. The van der Waals surface area contributed by atoms with E-state index in [-0.39, 0.29) is 6.10 Å². The molecule has 0 spiro atoms. The van der Waals surface area contributed by atoms with Gasteiger partial charge in [0.05, 0.1) is 0 Å². The summed E-state index contributed by atoms with van der Waals surface area (Å²) in [4.78, 5) is 20.7. The second kappa shape index (κ2) is 7.25. The number of aryl methyl sites for hydroxylation is 1. The van der Waals surface area contributed by atoms with Crippen LogP contribution in [0.3, 0.4) is 0 Å². The number of amides is 1. The molecule has 0 saturated carbocycles. The molecule has 4 N–H and O–H groups in total. The molecule has 0 bridgehead atoms. The Morgan fingerprint density at radius 2 is 2.00 bits per heavy atom. The van der Waals surface area contributed by atoms with E-state index in [9.17, 15) is 4.79 Å². The topological polar surface area (TPSA) is 114 Å². The van der Waals surface area contributed by atoms with E-state index in [1.165, 1.54) is 4.90 Å². The number of nitrogens with zero attached hydrogens (tertiary/aromatic N) is 3. The minimum Gasteiger partial charge on any atom is -0.490 e. The number of ether oxygens (including phenoxy) is 1. The number of likely N-dealkylation sites (tertiary alicyclic amines) is 1. The number of benzene rings is 1. The molecule has 132 valence electrons. The molecular weight excluding hydrogens is 322 g/mol. The number of nitrogens with one attached hydrogen (secondary N) is 1. The molecule has 1 aromatic heterocycles. The van der Waals surface area contributed by atoms with E-state index < -0.39 is 6.09 Å². The number of piperidine rings is 1. The van der Waals surface area contributed by atoms with Crippen molar-refractivity contribution in [3.05, 3.63) is 36.0 Å². The molecule has 8 heteroatoms. The molecule has 2 heterocycles. The van der Waals surface area contributed by atoms with Crippen LogP contribution in [0.5, 0.6) is 5.75 Å². The van der Waals surface area contributed by atoms with Crippen LogP contribution in [0.4, 0.5) is 22.2 Å². The largest absolute Gasteiger partial charge is 0.490 e. The minimum absolute atomic E-state index is 0.0367. The molecule has 0 unspecified atom stereocenters. The highest BCUT2D eigenvalue weighted by atomic mass is 16.5. The molecule has 8 nitrogen and oxygen atoms in total. The van der Waals surface area contributed by atoms with Crippen molar-refractivity contribution in [2.75, 3.05) is 24.1 Å². The molecule has 1 aliphatic heterocycles. The summed E-state index contributed by atoms with van der Waals surface area (Å²) in [5.41, 5.74) is 7.45. The van der Waals surface area contributed by atoms with Crippen LogP contribution in [0, 0.1) is 6.92 Å². The number of anilines is 3. The lowest BCUT2D eigenvalue weighted by Gasteiger charge is -2.30. The summed E-state index contributed by atoms with van der Waals surface area (Å²) in [5, 5.41) is 12.0. The summed E-state index contributed by atoms with van der Waals surface area (Å²) >= 11 is 0. The van der Waals surface area contributed by atoms with Gasteiger partial charge in [0.25, 0.3) is 0 Å². The fourth-order valence-corrected chi connectivity index (χ4v) is 2.62. The van der Waals surface area contributed by atoms with Crippen molar-refractivity contribution in [2.45, 2.75) is 25.9 Å². The third-order valence-corrected chi connectivity index (χ3v) is 4.14. The molecule has 3 rings (SSSR count). The zero-order chi connectivity index (χ0) is 17.8. The minimum atomic E-state index is -0.868. The Hall–Kier alpha value is -3.03. The van der Waals surface area contributed by atoms with Gasteiger partial charge < -0.3 is 25.8 Å². The summed E-state index contributed by atoms with van der Waals surface area (Å²) in [5.74, 6) is 1.65. The third-order valence-electron chi connectivity index (χ3n) is 4.14. The number of rotatable bonds is 4. The zero-order valence-electron chi connectivity index (χ0n) is 14.0. The van der Waals surface area contributed by atoms with Gasteiger partial charge in [-0.15, -0.1) is 0 Å². The van der Waals surface area contributed by atoms with Crippen LogP contribution in [-0.4, -0.2) is 45.3 Å². The monoisotopic (exact) mass is 343 g/mol. The second-order valence-electron chi connectivity index (χ2n) is 6.00. The first-order valence-corrected chi connectivity index (χ1v) is 8.12. The van der Waals surface area contributed by atoms with Gasteiger partial charge in [0.2, 0.25) is 5.95 Å². The van der Waals surface area contributed by atoms with Gasteiger partial charge in [-0.3, -0.25) is 0 Å². The Morgan fingerprint density at radius 3 is 2.60 bits per heavy atom. The molecule has 0 aliphatic carbocycles. The molecule has 25 heavy (non-hydrogen) atoms. The first-order valence-electron chi connectivity index (χ1n) is 8.12. The maximum absolute atomic E-state index is 10.9. The van der Waals surface area contributed by atoms with E-state index in [1.807, 2.05) is 31.2 Å². The van der Waals surface area contributed by atoms with Gasteiger partial charge in [-0.25, -0.2) is 9.78 Å². The number of nitrogen functional groups attached to an aromatic ring is 1. The second-order valence-corrected chi connectivity index (χ2v) is 6.00. The van der Waals surface area contributed by atoms with Gasteiger partial charge in [-0.1, -0.05) is 0 Å². The Bertz CT molecular complexity index is 742. The standard InChI is InChI=1S/C17H21N5O3/c1-11-10-19-16(21-15(11)18)20-12-2-4-13(5-3-12)25-14-6-8-22(9-7-14)17(23)24/h2-5,10,14H,6-9H2,1H3,(H,23,24)(H3,18,19,20,21). The van der Waals surface area contributed by atoms with E-state index in [0.717, 1.165) is 17.0 Å². The highest BCUT2D eigenvalue weighted by molar-refractivity contribution is 5.65. The number of aromatic nitrogens is 2. The highest BCUT2D eigenvalue weighted by Gasteiger charge is 2.23. The van der Waals surface area contributed by atoms with Crippen LogP contribution >= 0.6 is 0 Å². The zero-order valence-corrected chi connectivity index (χ0v) is 14.0. The van der Waals surface area contributed by atoms with E-state index in [2.05, 4.69) is 15.3 Å². The van der Waals surface area contributed by atoms with Crippen LogP contribution < -0.4 is 15.8 Å². The molecule has 1 saturated heterocycles. The van der Waals surface area contributed by atoms with Gasteiger partial charge in [-0.05, 0) is 31.2 Å². The Labute approximate surface area is 145 Å². The van der Waals surface area contributed by atoms with Crippen molar-refractivity contribution in [3.8, 4) is 5.75 Å². The van der Waals surface area contributed by atoms with Gasteiger partial charge in [0, 0.05) is 43.4 Å². The first-order chi connectivity index (χ1) is 12.0. The smallest absolute Gasteiger partial charge is 0.407 e. The van der Waals surface area contributed by atoms with E-state index in [4.69, 9.17) is 15.6 Å². The number of hydrogen-bond donors (Lipinski definition) is 3. The number of nitrogens with two attached hydrogens (primary N) is 1. The average molecular weight is 343 g/mol. The summed E-state index contributed by atoms with van der Waals surface area (Å²) in [7, 11) is 0. The average Bonchev–Trinajstić information content (AvgIpc) is 2.60. The molecule has 1 aliphatic rings. The summed E-state index contributed by atoms with van der Waals surface area (Å²) < 4.78 is 5.92. The van der Waals surface area contributed by atoms with Gasteiger partial charge in [0.15, 0.2) is 0 Å².